The predicted molar refractivity (Wildman–Crippen MR) is 83.2 cm³/mol. The summed E-state index contributed by atoms with van der Waals surface area (Å²) in [4.78, 5) is 6.58. The predicted octanol–water partition coefficient (Wildman–Crippen LogP) is 1.66. The molecular formula is C16H23N5O. The van der Waals surface area contributed by atoms with Crippen molar-refractivity contribution in [2.24, 2.45) is 0 Å². The summed E-state index contributed by atoms with van der Waals surface area (Å²) in [5.74, 6) is 2.01. The molecule has 0 amide bonds. The van der Waals surface area contributed by atoms with E-state index in [4.69, 9.17) is 4.74 Å². The van der Waals surface area contributed by atoms with Crippen molar-refractivity contribution in [1.82, 2.24) is 24.6 Å². The van der Waals surface area contributed by atoms with E-state index in [1.807, 2.05) is 19.3 Å². The molecule has 0 aromatic carbocycles. The minimum atomic E-state index is 0.443. The molecule has 0 N–H and O–H groups in total. The Morgan fingerprint density at radius 1 is 1.23 bits per heavy atom. The van der Waals surface area contributed by atoms with Crippen LogP contribution in [0, 0.1) is 0 Å². The lowest BCUT2D eigenvalue weighted by Crippen LogP contribution is -2.34. The number of fused-ring (bicyclic) bond motifs is 1. The number of rotatable bonds is 5. The van der Waals surface area contributed by atoms with Gasteiger partial charge < -0.3 is 9.30 Å². The first-order valence-corrected chi connectivity index (χ1v) is 7.89. The van der Waals surface area contributed by atoms with Crippen molar-refractivity contribution in [3.05, 3.63) is 41.7 Å². The zero-order chi connectivity index (χ0) is 15.4. The van der Waals surface area contributed by atoms with Crippen molar-refractivity contribution >= 4 is 0 Å². The maximum absolute atomic E-state index is 5.49. The molecule has 1 aliphatic heterocycles. The molecule has 22 heavy (non-hydrogen) atoms. The lowest BCUT2D eigenvalue weighted by molar-refractivity contribution is 0.124. The summed E-state index contributed by atoms with van der Waals surface area (Å²) >= 11 is 0. The van der Waals surface area contributed by atoms with Gasteiger partial charge in [-0.2, -0.15) is 0 Å². The maximum Gasteiger partial charge on any atom is 0.159 e. The monoisotopic (exact) mass is 301 g/mol. The van der Waals surface area contributed by atoms with E-state index >= 15 is 0 Å². The van der Waals surface area contributed by atoms with Crippen molar-refractivity contribution in [3.63, 3.8) is 0 Å². The molecule has 0 saturated carbocycles. The van der Waals surface area contributed by atoms with Gasteiger partial charge in [-0.3, -0.25) is 9.88 Å². The van der Waals surface area contributed by atoms with E-state index in [9.17, 15) is 0 Å². The molecular weight excluding hydrogens is 278 g/mol. The Morgan fingerprint density at radius 2 is 2.05 bits per heavy atom. The van der Waals surface area contributed by atoms with Gasteiger partial charge in [0, 0.05) is 51.1 Å². The van der Waals surface area contributed by atoms with E-state index in [2.05, 4.69) is 43.7 Å². The van der Waals surface area contributed by atoms with Crippen LogP contribution >= 0.6 is 0 Å². The lowest BCUT2D eigenvalue weighted by Gasteiger charge is -2.26. The molecule has 0 spiro atoms. The second kappa shape index (κ2) is 6.98. The molecule has 1 atom stereocenters. The van der Waals surface area contributed by atoms with Crippen LogP contribution < -0.4 is 0 Å². The number of aromatic nitrogens is 4. The van der Waals surface area contributed by atoms with Gasteiger partial charge in [0.15, 0.2) is 5.82 Å². The first-order valence-electron chi connectivity index (χ1n) is 7.89. The van der Waals surface area contributed by atoms with E-state index < -0.39 is 0 Å². The second-order valence-corrected chi connectivity index (χ2v) is 5.70. The summed E-state index contributed by atoms with van der Waals surface area (Å²) in [6.45, 7) is 8.36. The van der Waals surface area contributed by atoms with Gasteiger partial charge in [-0.05, 0) is 31.5 Å². The minimum absolute atomic E-state index is 0.443. The van der Waals surface area contributed by atoms with Crippen LogP contribution in [0.3, 0.4) is 0 Å². The van der Waals surface area contributed by atoms with E-state index in [0.717, 1.165) is 37.7 Å². The van der Waals surface area contributed by atoms with E-state index in [1.165, 1.54) is 5.56 Å². The van der Waals surface area contributed by atoms with Crippen LogP contribution in [0.1, 0.15) is 31.1 Å². The fourth-order valence-electron chi connectivity index (χ4n) is 2.88. The first-order chi connectivity index (χ1) is 10.8. The highest BCUT2D eigenvalue weighted by Crippen LogP contribution is 2.17. The molecule has 2 aromatic rings. The minimum Gasteiger partial charge on any atom is -0.374 e. The fourth-order valence-corrected chi connectivity index (χ4v) is 2.88. The average Bonchev–Trinajstić information content (AvgIpc) is 2.84. The standard InChI is InChI=1S/C16H23N5O/c1-3-22-12-16-19-18-15-10-13(2)20(8-9-21(15)16)11-14-4-6-17-7-5-14/h4-7,13H,3,8-12H2,1-2H3/t13-/m1/s1. The summed E-state index contributed by atoms with van der Waals surface area (Å²) in [6.07, 6.45) is 4.63. The summed E-state index contributed by atoms with van der Waals surface area (Å²) in [5, 5.41) is 8.64. The first kappa shape index (κ1) is 15.1. The van der Waals surface area contributed by atoms with E-state index in [0.29, 0.717) is 19.3 Å². The number of ether oxygens (including phenoxy) is 1. The van der Waals surface area contributed by atoms with Crippen LogP contribution in [0.2, 0.25) is 0 Å². The zero-order valence-corrected chi connectivity index (χ0v) is 13.3. The topological polar surface area (TPSA) is 56.1 Å². The number of hydrogen-bond acceptors (Lipinski definition) is 5. The van der Waals surface area contributed by atoms with Crippen LogP contribution in [-0.4, -0.2) is 43.8 Å². The maximum atomic E-state index is 5.49. The highest BCUT2D eigenvalue weighted by molar-refractivity contribution is 5.10. The van der Waals surface area contributed by atoms with Gasteiger partial charge in [-0.25, -0.2) is 0 Å². The van der Waals surface area contributed by atoms with Gasteiger partial charge in [-0.1, -0.05) is 0 Å². The summed E-state index contributed by atoms with van der Waals surface area (Å²) < 4.78 is 7.71. The second-order valence-electron chi connectivity index (χ2n) is 5.70. The van der Waals surface area contributed by atoms with Crippen molar-refractivity contribution < 1.29 is 4.74 Å². The summed E-state index contributed by atoms with van der Waals surface area (Å²) in [5.41, 5.74) is 1.30. The third-order valence-corrected chi connectivity index (χ3v) is 4.19. The molecule has 2 aromatic heterocycles. The molecule has 1 aliphatic rings. The third-order valence-electron chi connectivity index (χ3n) is 4.19. The molecule has 6 nitrogen and oxygen atoms in total. The van der Waals surface area contributed by atoms with E-state index in [-0.39, 0.29) is 0 Å². The lowest BCUT2D eigenvalue weighted by atomic mass is 10.1. The number of hydrogen-bond donors (Lipinski definition) is 0. The van der Waals surface area contributed by atoms with Gasteiger partial charge in [-0.15, -0.1) is 10.2 Å². The van der Waals surface area contributed by atoms with Crippen LogP contribution in [0.25, 0.3) is 0 Å². The largest absolute Gasteiger partial charge is 0.374 e. The fraction of sp³-hybridized carbons (Fsp3) is 0.562. The molecule has 3 heterocycles. The molecule has 118 valence electrons. The molecule has 0 bridgehead atoms. The summed E-state index contributed by atoms with van der Waals surface area (Å²) in [6, 6.07) is 4.61. The smallest absolute Gasteiger partial charge is 0.159 e. The highest BCUT2D eigenvalue weighted by Gasteiger charge is 2.23. The van der Waals surface area contributed by atoms with Crippen LogP contribution in [-0.2, 0) is 30.9 Å². The third kappa shape index (κ3) is 3.34. The zero-order valence-electron chi connectivity index (χ0n) is 13.3. The molecule has 0 radical (unpaired) electrons. The number of nitrogens with zero attached hydrogens (tertiary/aromatic N) is 5. The Kier molecular flexibility index (Phi) is 4.80. The van der Waals surface area contributed by atoms with Gasteiger partial charge in [0.05, 0.1) is 0 Å². The Morgan fingerprint density at radius 3 is 2.82 bits per heavy atom. The van der Waals surface area contributed by atoms with Crippen molar-refractivity contribution in [1.29, 1.82) is 0 Å². The van der Waals surface area contributed by atoms with Gasteiger partial charge >= 0.3 is 0 Å². The van der Waals surface area contributed by atoms with Crippen LogP contribution in [0.5, 0.6) is 0 Å². The van der Waals surface area contributed by atoms with Gasteiger partial charge in [0.25, 0.3) is 0 Å². The quantitative estimate of drug-likeness (QED) is 0.840. The van der Waals surface area contributed by atoms with E-state index in [1.54, 1.807) is 0 Å². The van der Waals surface area contributed by atoms with Crippen molar-refractivity contribution in [2.45, 2.75) is 46.0 Å². The highest BCUT2D eigenvalue weighted by atomic mass is 16.5. The molecule has 0 saturated heterocycles. The van der Waals surface area contributed by atoms with Crippen molar-refractivity contribution in [3.8, 4) is 0 Å². The molecule has 0 aliphatic carbocycles. The molecule has 6 heteroatoms. The molecule has 0 fully saturated rings. The van der Waals surface area contributed by atoms with Gasteiger partial charge in [0.2, 0.25) is 0 Å². The van der Waals surface area contributed by atoms with Gasteiger partial charge in [0.1, 0.15) is 12.4 Å². The van der Waals surface area contributed by atoms with Crippen molar-refractivity contribution in [2.75, 3.05) is 13.2 Å². The molecule has 3 rings (SSSR count). The van der Waals surface area contributed by atoms with Crippen LogP contribution in [0.15, 0.2) is 24.5 Å². The SMILES string of the molecule is CCOCc1nnc2n1CCN(Cc1ccncc1)[C@H](C)C2. The Bertz CT molecular complexity index is 598. The number of pyridine rings is 1. The normalized spacial score (nSPS) is 18.9. The van der Waals surface area contributed by atoms with Crippen LogP contribution in [0.4, 0.5) is 0 Å². The Balaban J connectivity index is 1.71. The molecule has 0 unspecified atom stereocenters. The Hall–Kier alpha value is -1.79. The summed E-state index contributed by atoms with van der Waals surface area (Å²) in [7, 11) is 0. The Labute approximate surface area is 131 Å². The average molecular weight is 301 g/mol.